The molecule has 1 unspecified atom stereocenters. The molecule has 0 saturated carbocycles. The lowest BCUT2D eigenvalue weighted by molar-refractivity contribution is 0.100. The van der Waals surface area contributed by atoms with Gasteiger partial charge in [-0.15, -0.1) is 0 Å². The van der Waals surface area contributed by atoms with Gasteiger partial charge in [0, 0.05) is 26.2 Å². The molecule has 1 aliphatic rings. The first-order valence-corrected chi connectivity index (χ1v) is 8.50. The number of carbonyl (C=O) groups excluding carboxylic acids is 1. The summed E-state index contributed by atoms with van der Waals surface area (Å²) >= 11 is 0. The molecule has 0 N–H and O–H groups in total. The highest BCUT2D eigenvalue weighted by atomic mass is 16.6. The van der Waals surface area contributed by atoms with Gasteiger partial charge in [0.25, 0.3) is 0 Å². The summed E-state index contributed by atoms with van der Waals surface area (Å²) in [6.45, 7) is 2.26. The summed E-state index contributed by atoms with van der Waals surface area (Å²) < 4.78 is 10.6. The molecule has 1 saturated heterocycles. The first-order chi connectivity index (χ1) is 12.7. The zero-order chi connectivity index (χ0) is 18.4. The Kier molecular flexibility index (Phi) is 5.72. The highest BCUT2D eigenvalue weighted by Crippen LogP contribution is 2.25. The zero-order valence-corrected chi connectivity index (χ0v) is 14.7. The lowest BCUT2D eigenvalue weighted by Gasteiger charge is -2.36. The van der Waals surface area contributed by atoms with E-state index in [9.17, 15) is 10.1 Å². The molecule has 1 aliphatic heterocycles. The van der Waals surface area contributed by atoms with Crippen molar-refractivity contribution in [2.75, 3.05) is 33.3 Å². The number of rotatable bonds is 4. The molecule has 1 fully saturated rings. The third-order valence-electron chi connectivity index (χ3n) is 4.42. The molecule has 0 radical (unpaired) electrons. The first kappa shape index (κ1) is 17.8. The van der Waals surface area contributed by atoms with Gasteiger partial charge in [-0.05, 0) is 29.8 Å². The van der Waals surface area contributed by atoms with Crippen LogP contribution >= 0.6 is 0 Å². The standard InChI is InChI=1S/C20H21N3O3/c1-25-18-9-5-6-16(14-18)19(15-21)22-10-12-23(13-11-22)20(24)26-17-7-3-2-4-8-17/h2-9,14,19H,10-13H2,1H3. The minimum atomic E-state index is -0.364. The summed E-state index contributed by atoms with van der Waals surface area (Å²) in [6, 6.07) is 18.6. The maximum Gasteiger partial charge on any atom is 0.415 e. The van der Waals surface area contributed by atoms with Crippen molar-refractivity contribution in [2.24, 2.45) is 0 Å². The van der Waals surface area contributed by atoms with Crippen LogP contribution in [0.5, 0.6) is 11.5 Å². The molecule has 134 valence electrons. The second-order valence-electron chi connectivity index (χ2n) is 6.01. The van der Waals surface area contributed by atoms with Crippen molar-refractivity contribution in [3.8, 4) is 17.6 Å². The van der Waals surface area contributed by atoms with E-state index >= 15 is 0 Å². The predicted molar refractivity (Wildman–Crippen MR) is 97.0 cm³/mol. The van der Waals surface area contributed by atoms with Crippen LogP contribution in [0.1, 0.15) is 11.6 Å². The van der Waals surface area contributed by atoms with E-state index in [1.807, 2.05) is 42.5 Å². The number of para-hydroxylation sites is 1. The van der Waals surface area contributed by atoms with E-state index in [0.29, 0.717) is 31.9 Å². The number of benzene rings is 2. The first-order valence-electron chi connectivity index (χ1n) is 8.50. The second kappa shape index (κ2) is 8.37. The lowest BCUT2D eigenvalue weighted by Crippen LogP contribution is -2.50. The predicted octanol–water partition coefficient (Wildman–Crippen LogP) is 3.08. The molecule has 6 heteroatoms. The monoisotopic (exact) mass is 351 g/mol. The number of nitriles is 1. The molecule has 1 heterocycles. The van der Waals surface area contributed by atoms with E-state index < -0.39 is 0 Å². The van der Waals surface area contributed by atoms with Crippen molar-refractivity contribution in [1.29, 1.82) is 5.26 Å². The Bertz CT molecular complexity index is 780. The van der Waals surface area contributed by atoms with E-state index in [2.05, 4.69) is 11.0 Å². The Morgan fingerprint density at radius 3 is 2.38 bits per heavy atom. The number of nitrogens with zero attached hydrogens (tertiary/aromatic N) is 3. The van der Waals surface area contributed by atoms with Crippen LogP contribution in [-0.4, -0.2) is 49.2 Å². The van der Waals surface area contributed by atoms with Crippen LogP contribution in [0.3, 0.4) is 0 Å². The molecule has 1 atom stereocenters. The highest BCUT2D eigenvalue weighted by Gasteiger charge is 2.28. The Hall–Kier alpha value is -3.04. The molecule has 2 aromatic rings. The number of hydrogen-bond acceptors (Lipinski definition) is 5. The molecule has 3 rings (SSSR count). The Morgan fingerprint density at radius 2 is 1.73 bits per heavy atom. The molecular weight excluding hydrogens is 330 g/mol. The van der Waals surface area contributed by atoms with E-state index in [1.54, 1.807) is 24.1 Å². The van der Waals surface area contributed by atoms with Crippen LogP contribution in [0.15, 0.2) is 54.6 Å². The topological polar surface area (TPSA) is 65.8 Å². The number of ether oxygens (including phenoxy) is 2. The minimum absolute atomic E-state index is 0.356. The quantitative estimate of drug-likeness (QED) is 0.847. The number of amides is 1. The van der Waals surface area contributed by atoms with Crippen LogP contribution < -0.4 is 9.47 Å². The number of piperazine rings is 1. The number of hydrogen-bond donors (Lipinski definition) is 0. The van der Waals surface area contributed by atoms with Crippen LogP contribution in [0.2, 0.25) is 0 Å². The summed E-state index contributed by atoms with van der Waals surface area (Å²) in [7, 11) is 1.61. The molecule has 2 aromatic carbocycles. The normalized spacial score (nSPS) is 15.8. The van der Waals surface area contributed by atoms with Gasteiger partial charge < -0.3 is 14.4 Å². The van der Waals surface area contributed by atoms with Gasteiger partial charge in [0.2, 0.25) is 0 Å². The van der Waals surface area contributed by atoms with Crippen molar-refractivity contribution >= 4 is 6.09 Å². The third-order valence-corrected chi connectivity index (χ3v) is 4.42. The second-order valence-corrected chi connectivity index (χ2v) is 6.01. The summed E-state index contributed by atoms with van der Waals surface area (Å²) in [4.78, 5) is 16.0. The molecule has 6 nitrogen and oxygen atoms in total. The van der Waals surface area contributed by atoms with Gasteiger partial charge in [-0.1, -0.05) is 30.3 Å². The van der Waals surface area contributed by atoms with E-state index in [0.717, 1.165) is 11.3 Å². The van der Waals surface area contributed by atoms with E-state index in [-0.39, 0.29) is 12.1 Å². The van der Waals surface area contributed by atoms with Gasteiger partial charge in [-0.2, -0.15) is 5.26 Å². The summed E-state index contributed by atoms with van der Waals surface area (Å²) in [6.07, 6.45) is -0.356. The molecule has 0 aliphatic carbocycles. The van der Waals surface area contributed by atoms with Gasteiger partial charge in [0.1, 0.15) is 17.5 Å². The molecule has 0 aromatic heterocycles. The van der Waals surface area contributed by atoms with Crippen LogP contribution in [-0.2, 0) is 0 Å². The summed E-state index contributed by atoms with van der Waals surface area (Å²) in [5.41, 5.74) is 0.896. The van der Waals surface area contributed by atoms with Gasteiger partial charge in [-0.25, -0.2) is 4.79 Å². The van der Waals surface area contributed by atoms with E-state index in [1.165, 1.54) is 0 Å². The molecule has 26 heavy (non-hydrogen) atoms. The maximum atomic E-state index is 12.3. The van der Waals surface area contributed by atoms with Gasteiger partial charge in [0.15, 0.2) is 0 Å². The highest BCUT2D eigenvalue weighted by molar-refractivity contribution is 5.70. The van der Waals surface area contributed by atoms with Gasteiger partial charge in [0.05, 0.1) is 13.2 Å². The van der Waals surface area contributed by atoms with Gasteiger partial charge in [-0.3, -0.25) is 4.90 Å². The fourth-order valence-corrected chi connectivity index (χ4v) is 3.00. The van der Waals surface area contributed by atoms with Crippen LogP contribution in [0.25, 0.3) is 0 Å². The Balaban J connectivity index is 1.60. The Morgan fingerprint density at radius 1 is 1.04 bits per heavy atom. The van der Waals surface area contributed by atoms with Gasteiger partial charge >= 0.3 is 6.09 Å². The van der Waals surface area contributed by atoms with Crippen LogP contribution in [0, 0.1) is 11.3 Å². The van der Waals surface area contributed by atoms with Crippen molar-refractivity contribution in [3.63, 3.8) is 0 Å². The van der Waals surface area contributed by atoms with Crippen LogP contribution in [0.4, 0.5) is 4.79 Å². The fourth-order valence-electron chi connectivity index (χ4n) is 3.00. The average molecular weight is 351 g/mol. The molecule has 1 amide bonds. The van der Waals surface area contributed by atoms with Crippen molar-refractivity contribution < 1.29 is 14.3 Å². The summed E-state index contributed by atoms with van der Waals surface area (Å²) in [5, 5.41) is 9.63. The summed E-state index contributed by atoms with van der Waals surface area (Å²) in [5.74, 6) is 1.26. The van der Waals surface area contributed by atoms with Crippen molar-refractivity contribution in [3.05, 3.63) is 60.2 Å². The number of carbonyl (C=O) groups is 1. The lowest BCUT2D eigenvalue weighted by atomic mass is 10.1. The third kappa shape index (κ3) is 4.13. The largest absolute Gasteiger partial charge is 0.497 e. The van der Waals surface area contributed by atoms with Crippen molar-refractivity contribution in [1.82, 2.24) is 9.80 Å². The zero-order valence-electron chi connectivity index (χ0n) is 14.7. The molecule has 0 bridgehead atoms. The van der Waals surface area contributed by atoms with Crippen molar-refractivity contribution in [2.45, 2.75) is 6.04 Å². The SMILES string of the molecule is COc1cccc(C(C#N)N2CCN(C(=O)Oc3ccccc3)CC2)c1. The smallest absolute Gasteiger partial charge is 0.415 e. The maximum absolute atomic E-state index is 12.3. The fraction of sp³-hybridized carbons (Fsp3) is 0.300. The Labute approximate surface area is 153 Å². The van der Waals surface area contributed by atoms with E-state index in [4.69, 9.17) is 9.47 Å². The molecular formula is C20H21N3O3. The molecule has 0 spiro atoms. The minimum Gasteiger partial charge on any atom is -0.497 e. The number of methoxy groups -OCH3 is 1. The average Bonchev–Trinajstić information content (AvgIpc) is 2.70.